The van der Waals surface area contributed by atoms with Gasteiger partial charge in [0.2, 0.25) is 0 Å². The summed E-state index contributed by atoms with van der Waals surface area (Å²) in [7, 11) is 1.59. The lowest BCUT2D eigenvalue weighted by Crippen LogP contribution is -2.28. The maximum Gasteiger partial charge on any atom is 0.253 e. The molecule has 4 nitrogen and oxygen atoms in total. The number of hydrogen-bond donors (Lipinski definition) is 1. The zero-order valence-electron chi connectivity index (χ0n) is 10.6. The maximum absolute atomic E-state index is 12.3. The fraction of sp³-hybridized carbons (Fsp3) is 0.500. The highest BCUT2D eigenvalue weighted by Crippen LogP contribution is 2.22. The molecule has 0 bridgehead atoms. The standard InChI is InChI=1S/C14H19NO3/c1-18-13-4-2-3-12(9-13)14(17)15-7-5-11(10-15)6-8-16/h2-4,9,11,16H,5-8,10H2,1H3. The fourth-order valence-corrected chi connectivity index (χ4v) is 2.37. The predicted molar refractivity (Wildman–Crippen MR) is 68.7 cm³/mol. The van der Waals surface area contributed by atoms with Gasteiger partial charge in [-0.15, -0.1) is 0 Å². The van der Waals surface area contributed by atoms with Gasteiger partial charge < -0.3 is 14.7 Å². The first-order valence-electron chi connectivity index (χ1n) is 6.28. The summed E-state index contributed by atoms with van der Waals surface area (Å²) in [5, 5.41) is 8.92. The van der Waals surface area contributed by atoms with Crippen LogP contribution in [0.1, 0.15) is 23.2 Å². The Balaban J connectivity index is 2.03. The van der Waals surface area contributed by atoms with Crippen LogP contribution in [0, 0.1) is 5.92 Å². The number of amides is 1. The topological polar surface area (TPSA) is 49.8 Å². The number of methoxy groups -OCH3 is 1. The molecule has 0 aromatic heterocycles. The molecule has 1 unspecified atom stereocenters. The normalized spacial score (nSPS) is 19.0. The van der Waals surface area contributed by atoms with E-state index < -0.39 is 0 Å². The lowest BCUT2D eigenvalue weighted by molar-refractivity contribution is 0.0784. The van der Waals surface area contributed by atoms with Gasteiger partial charge in [-0.1, -0.05) is 6.07 Å². The van der Waals surface area contributed by atoms with Crippen LogP contribution in [0.2, 0.25) is 0 Å². The summed E-state index contributed by atoms with van der Waals surface area (Å²) in [6.07, 6.45) is 1.76. The zero-order valence-corrected chi connectivity index (χ0v) is 10.6. The lowest BCUT2D eigenvalue weighted by Gasteiger charge is -2.16. The molecule has 18 heavy (non-hydrogen) atoms. The molecule has 0 aliphatic carbocycles. The molecule has 1 aromatic carbocycles. The third-order valence-electron chi connectivity index (χ3n) is 3.43. The Kier molecular flexibility index (Phi) is 4.20. The van der Waals surface area contributed by atoms with E-state index in [1.54, 1.807) is 13.2 Å². The Morgan fingerprint density at radius 3 is 3.11 bits per heavy atom. The van der Waals surface area contributed by atoms with E-state index in [9.17, 15) is 4.79 Å². The van der Waals surface area contributed by atoms with Crippen molar-refractivity contribution >= 4 is 5.91 Å². The van der Waals surface area contributed by atoms with Gasteiger partial charge >= 0.3 is 0 Å². The number of ether oxygens (including phenoxy) is 1. The van der Waals surface area contributed by atoms with Gasteiger partial charge in [-0.25, -0.2) is 0 Å². The van der Waals surface area contributed by atoms with Crippen molar-refractivity contribution < 1.29 is 14.6 Å². The Hall–Kier alpha value is -1.55. The lowest BCUT2D eigenvalue weighted by atomic mass is 10.1. The van der Waals surface area contributed by atoms with Crippen molar-refractivity contribution in [3.05, 3.63) is 29.8 Å². The first kappa shape index (κ1) is 12.9. The van der Waals surface area contributed by atoms with Crippen LogP contribution in [0.3, 0.4) is 0 Å². The van der Waals surface area contributed by atoms with Crippen molar-refractivity contribution in [3.8, 4) is 5.75 Å². The van der Waals surface area contributed by atoms with Crippen LogP contribution in [-0.2, 0) is 0 Å². The van der Waals surface area contributed by atoms with Gasteiger partial charge in [0, 0.05) is 25.3 Å². The highest BCUT2D eigenvalue weighted by atomic mass is 16.5. The number of carbonyl (C=O) groups excluding carboxylic acids is 1. The van der Waals surface area contributed by atoms with E-state index in [2.05, 4.69) is 0 Å². The molecular formula is C14H19NO3. The van der Waals surface area contributed by atoms with Crippen LogP contribution in [-0.4, -0.2) is 42.7 Å². The molecule has 4 heteroatoms. The monoisotopic (exact) mass is 249 g/mol. The van der Waals surface area contributed by atoms with Gasteiger partial charge in [0.15, 0.2) is 0 Å². The van der Waals surface area contributed by atoms with Gasteiger partial charge in [0.25, 0.3) is 5.91 Å². The zero-order chi connectivity index (χ0) is 13.0. The number of benzene rings is 1. The summed E-state index contributed by atoms with van der Waals surface area (Å²) < 4.78 is 5.12. The van der Waals surface area contributed by atoms with E-state index in [1.807, 2.05) is 23.1 Å². The molecule has 1 N–H and O–H groups in total. The summed E-state index contributed by atoms with van der Waals surface area (Å²) in [5.74, 6) is 1.19. The summed E-state index contributed by atoms with van der Waals surface area (Å²) >= 11 is 0. The Bertz CT molecular complexity index is 419. The molecule has 1 saturated heterocycles. The molecule has 1 fully saturated rings. The van der Waals surface area contributed by atoms with E-state index in [-0.39, 0.29) is 12.5 Å². The summed E-state index contributed by atoms with van der Waals surface area (Å²) in [6.45, 7) is 1.73. The quantitative estimate of drug-likeness (QED) is 0.880. The van der Waals surface area contributed by atoms with E-state index in [0.717, 1.165) is 25.9 Å². The van der Waals surface area contributed by atoms with Crippen molar-refractivity contribution in [2.75, 3.05) is 26.8 Å². The van der Waals surface area contributed by atoms with Crippen LogP contribution < -0.4 is 4.74 Å². The van der Waals surface area contributed by atoms with Gasteiger partial charge in [-0.3, -0.25) is 4.79 Å². The van der Waals surface area contributed by atoms with E-state index in [1.165, 1.54) is 0 Å². The number of carbonyl (C=O) groups is 1. The Morgan fingerprint density at radius 2 is 2.39 bits per heavy atom. The van der Waals surface area contributed by atoms with Gasteiger partial charge in [-0.2, -0.15) is 0 Å². The highest BCUT2D eigenvalue weighted by molar-refractivity contribution is 5.94. The van der Waals surface area contributed by atoms with E-state index in [4.69, 9.17) is 9.84 Å². The molecular weight excluding hydrogens is 230 g/mol. The molecule has 2 rings (SSSR count). The third-order valence-corrected chi connectivity index (χ3v) is 3.43. The second-order valence-corrected chi connectivity index (χ2v) is 4.65. The van der Waals surface area contributed by atoms with Crippen LogP contribution in [0.4, 0.5) is 0 Å². The predicted octanol–water partition coefficient (Wildman–Crippen LogP) is 1.54. The number of rotatable bonds is 4. The number of aliphatic hydroxyl groups is 1. The van der Waals surface area contributed by atoms with Crippen LogP contribution in [0.25, 0.3) is 0 Å². The SMILES string of the molecule is COc1cccc(C(=O)N2CCC(CCO)C2)c1. The molecule has 98 valence electrons. The largest absolute Gasteiger partial charge is 0.497 e. The molecule has 0 radical (unpaired) electrons. The molecule has 1 heterocycles. The summed E-state index contributed by atoms with van der Waals surface area (Å²) in [6, 6.07) is 7.23. The molecule has 0 spiro atoms. The summed E-state index contributed by atoms with van der Waals surface area (Å²) in [4.78, 5) is 14.1. The molecule has 1 aromatic rings. The fourth-order valence-electron chi connectivity index (χ4n) is 2.37. The maximum atomic E-state index is 12.3. The van der Waals surface area contributed by atoms with Crippen molar-refractivity contribution in [3.63, 3.8) is 0 Å². The summed E-state index contributed by atoms with van der Waals surface area (Å²) in [5.41, 5.74) is 0.666. The van der Waals surface area contributed by atoms with Gasteiger partial charge in [0.05, 0.1) is 7.11 Å². The van der Waals surface area contributed by atoms with Crippen molar-refractivity contribution in [2.45, 2.75) is 12.8 Å². The average Bonchev–Trinajstić information content (AvgIpc) is 2.87. The number of likely N-dealkylation sites (tertiary alicyclic amines) is 1. The minimum atomic E-state index is 0.0503. The van der Waals surface area contributed by atoms with Crippen LogP contribution >= 0.6 is 0 Å². The van der Waals surface area contributed by atoms with Gasteiger partial charge in [0.1, 0.15) is 5.75 Å². The average molecular weight is 249 g/mol. The number of hydrogen-bond acceptors (Lipinski definition) is 3. The first-order valence-corrected chi connectivity index (χ1v) is 6.28. The Morgan fingerprint density at radius 1 is 1.56 bits per heavy atom. The highest BCUT2D eigenvalue weighted by Gasteiger charge is 2.26. The van der Waals surface area contributed by atoms with Gasteiger partial charge in [-0.05, 0) is 37.0 Å². The number of nitrogens with zero attached hydrogens (tertiary/aromatic N) is 1. The molecule has 1 atom stereocenters. The third kappa shape index (κ3) is 2.82. The second-order valence-electron chi connectivity index (χ2n) is 4.65. The molecule has 1 amide bonds. The Labute approximate surface area is 107 Å². The smallest absolute Gasteiger partial charge is 0.253 e. The molecule has 1 aliphatic heterocycles. The number of aliphatic hydroxyl groups excluding tert-OH is 1. The molecule has 0 saturated carbocycles. The minimum Gasteiger partial charge on any atom is -0.497 e. The van der Waals surface area contributed by atoms with Crippen molar-refractivity contribution in [1.82, 2.24) is 4.90 Å². The second kappa shape index (κ2) is 5.87. The van der Waals surface area contributed by atoms with Crippen LogP contribution in [0.5, 0.6) is 5.75 Å². The minimum absolute atomic E-state index is 0.0503. The van der Waals surface area contributed by atoms with Crippen molar-refractivity contribution in [2.24, 2.45) is 5.92 Å². The van der Waals surface area contributed by atoms with E-state index in [0.29, 0.717) is 17.2 Å². The first-order chi connectivity index (χ1) is 8.74. The van der Waals surface area contributed by atoms with E-state index >= 15 is 0 Å². The molecule has 1 aliphatic rings. The van der Waals surface area contributed by atoms with Crippen molar-refractivity contribution in [1.29, 1.82) is 0 Å². The van der Waals surface area contributed by atoms with Crippen LogP contribution in [0.15, 0.2) is 24.3 Å².